The molecule has 30 heavy (non-hydrogen) atoms. The number of carbonyl (C=O) groups excluding carboxylic acids is 1. The largest absolute Gasteiger partial charge is 0.378 e. The summed E-state index contributed by atoms with van der Waals surface area (Å²) in [4.78, 5) is 14.8. The highest BCUT2D eigenvalue weighted by Crippen LogP contribution is 2.17. The van der Waals surface area contributed by atoms with E-state index in [1.807, 2.05) is 31.2 Å². The van der Waals surface area contributed by atoms with Crippen molar-refractivity contribution >= 4 is 23.6 Å². The third kappa shape index (κ3) is 4.45. The number of nitrogens with zero attached hydrogens (tertiary/aromatic N) is 7. The molecule has 3 rings (SSSR count). The van der Waals surface area contributed by atoms with Gasteiger partial charge >= 0.3 is 0 Å². The lowest BCUT2D eigenvalue weighted by Crippen LogP contribution is -2.21. The molecule has 0 radical (unpaired) electrons. The van der Waals surface area contributed by atoms with Gasteiger partial charge in [0.2, 0.25) is 11.6 Å². The summed E-state index contributed by atoms with van der Waals surface area (Å²) >= 11 is 0. The van der Waals surface area contributed by atoms with Crippen molar-refractivity contribution in [3.8, 4) is 5.82 Å². The fraction of sp³-hybridized carbons (Fsp3) is 0.368. The van der Waals surface area contributed by atoms with Crippen LogP contribution in [0.2, 0.25) is 0 Å². The zero-order valence-electron chi connectivity index (χ0n) is 17.2. The predicted octanol–water partition coefficient (Wildman–Crippen LogP) is 1.80. The zero-order chi connectivity index (χ0) is 21.5. The molecule has 0 saturated heterocycles. The van der Waals surface area contributed by atoms with Crippen LogP contribution in [0.5, 0.6) is 0 Å². The van der Waals surface area contributed by atoms with Gasteiger partial charge in [-0.15, -0.1) is 5.10 Å². The van der Waals surface area contributed by atoms with E-state index in [-0.39, 0.29) is 17.3 Å². The Morgan fingerprint density at radius 2 is 1.97 bits per heavy atom. The van der Waals surface area contributed by atoms with Gasteiger partial charge in [0.05, 0.1) is 11.9 Å². The molecule has 0 atom stereocenters. The molecule has 2 heterocycles. The molecule has 1 aromatic carbocycles. The average Bonchev–Trinajstić information content (AvgIpc) is 3.36. The number of carbonyl (C=O) groups is 1. The highest BCUT2D eigenvalue weighted by Gasteiger charge is 2.23. The van der Waals surface area contributed by atoms with Gasteiger partial charge in [-0.1, -0.05) is 30.7 Å². The lowest BCUT2D eigenvalue weighted by atomic mass is 10.2. The number of amides is 1. The standard InChI is InChI=1S/C19H25N9O2/c1-4-7-15-16(22-26-28(15)18-17(20)24-30-25-18)19(29)23-21-12-13-8-10-14(11-9-13)27(5-2)6-3/h8-12H,4-7H2,1-3H3,(H2,20,24)(H,23,29). The molecule has 3 N–H and O–H groups in total. The average molecular weight is 411 g/mol. The molecular formula is C19H25N9O2. The number of anilines is 2. The fourth-order valence-corrected chi connectivity index (χ4v) is 3.03. The Kier molecular flexibility index (Phi) is 6.73. The Morgan fingerprint density at radius 3 is 2.57 bits per heavy atom. The van der Waals surface area contributed by atoms with Gasteiger partial charge in [0.1, 0.15) is 0 Å². The van der Waals surface area contributed by atoms with Crippen LogP contribution in [-0.2, 0) is 6.42 Å². The Balaban J connectivity index is 1.72. The number of benzene rings is 1. The van der Waals surface area contributed by atoms with Crippen LogP contribution in [-0.4, -0.2) is 50.5 Å². The maximum Gasteiger partial charge on any atom is 0.293 e. The first-order chi connectivity index (χ1) is 14.6. The summed E-state index contributed by atoms with van der Waals surface area (Å²) < 4.78 is 5.97. The van der Waals surface area contributed by atoms with E-state index in [0.717, 1.165) is 30.8 Å². The van der Waals surface area contributed by atoms with Gasteiger partial charge in [0.25, 0.3) is 5.91 Å². The van der Waals surface area contributed by atoms with Gasteiger partial charge in [0.15, 0.2) is 5.69 Å². The second kappa shape index (κ2) is 9.63. The number of hydrazone groups is 1. The lowest BCUT2D eigenvalue weighted by molar-refractivity contribution is 0.0949. The van der Waals surface area contributed by atoms with Crippen LogP contribution >= 0.6 is 0 Å². The molecule has 0 spiro atoms. The Hall–Kier alpha value is -3.76. The van der Waals surface area contributed by atoms with Gasteiger partial charge in [-0.05, 0) is 48.3 Å². The minimum absolute atomic E-state index is 0.0652. The summed E-state index contributed by atoms with van der Waals surface area (Å²) in [6.45, 7) is 8.09. The minimum Gasteiger partial charge on any atom is -0.378 e. The molecule has 0 unspecified atom stereocenters. The zero-order valence-corrected chi connectivity index (χ0v) is 17.2. The number of hydrogen-bond acceptors (Lipinski definition) is 9. The SMILES string of the molecule is CCCc1c(C(=O)NN=Cc2ccc(N(CC)CC)cc2)nnn1-c1nonc1N. The molecule has 0 fully saturated rings. The predicted molar refractivity (Wildman–Crippen MR) is 113 cm³/mol. The van der Waals surface area contributed by atoms with E-state index in [2.05, 4.69) is 54.5 Å². The van der Waals surface area contributed by atoms with Crippen molar-refractivity contribution in [1.82, 2.24) is 30.7 Å². The van der Waals surface area contributed by atoms with E-state index >= 15 is 0 Å². The van der Waals surface area contributed by atoms with E-state index in [0.29, 0.717) is 12.1 Å². The molecule has 3 aromatic rings. The van der Waals surface area contributed by atoms with Crippen molar-refractivity contribution in [3.05, 3.63) is 41.2 Å². The van der Waals surface area contributed by atoms with Crippen LogP contribution in [0.1, 0.15) is 48.9 Å². The first-order valence-corrected chi connectivity index (χ1v) is 9.80. The van der Waals surface area contributed by atoms with Crippen molar-refractivity contribution in [2.45, 2.75) is 33.6 Å². The van der Waals surface area contributed by atoms with E-state index in [1.54, 1.807) is 6.21 Å². The van der Waals surface area contributed by atoms with E-state index in [9.17, 15) is 4.79 Å². The monoisotopic (exact) mass is 411 g/mol. The molecule has 0 bridgehead atoms. The Labute approximate surface area is 173 Å². The van der Waals surface area contributed by atoms with Gasteiger partial charge in [0, 0.05) is 18.8 Å². The van der Waals surface area contributed by atoms with Gasteiger partial charge < -0.3 is 10.6 Å². The smallest absolute Gasteiger partial charge is 0.293 e. The summed E-state index contributed by atoms with van der Waals surface area (Å²) in [5.41, 5.74) is 10.9. The van der Waals surface area contributed by atoms with E-state index in [1.165, 1.54) is 4.68 Å². The maximum absolute atomic E-state index is 12.6. The fourth-order valence-electron chi connectivity index (χ4n) is 3.03. The number of nitrogen functional groups attached to an aromatic ring is 1. The molecule has 11 heteroatoms. The van der Waals surface area contributed by atoms with Crippen molar-refractivity contribution in [1.29, 1.82) is 0 Å². The van der Waals surface area contributed by atoms with Crippen molar-refractivity contribution in [3.63, 3.8) is 0 Å². The number of hydrogen-bond donors (Lipinski definition) is 2. The highest BCUT2D eigenvalue weighted by atomic mass is 16.6. The van der Waals surface area contributed by atoms with Crippen molar-refractivity contribution < 1.29 is 9.42 Å². The first-order valence-electron chi connectivity index (χ1n) is 9.80. The second-order valence-electron chi connectivity index (χ2n) is 6.48. The highest BCUT2D eigenvalue weighted by molar-refractivity contribution is 5.94. The van der Waals surface area contributed by atoms with E-state index in [4.69, 9.17) is 5.73 Å². The quantitative estimate of drug-likeness (QED) is 0.401. The molecule has 2 aromatic heterocycles. The molecule has 11 nitrogen and oxygen atoms in total. The summed E-state index contributed by atoms with van der Waals surface area (Å²) in [5.74, 6) is -0.215. The summed E-state index contributed by atoms with van der Waals surface area (Å²) in [6.07, 6.45) is 2.88. The maximum atomic E-state index is 12.6. The molecule has 0 aliphatic rings. The number of nitrogens with one attached hydrogen (secondary N) is 1. The molecule has 1 amide bonds. The number of nitrogens with two attached hydrogens (primary N) is 1. The third-order valence-electron chi connectivity index (χ3n) is 4.56. The van der Waals surface area contributed by atoms with Crippen LogP contribution in [0.25, 0.3) is 5.82 Å². The van der Waals surface area contributed by atoms with Gasteiger partial charge in [-0.25, -0.2) is 10.1 Å². The topological polar surface area (TPSA) is 140 Å². The molecule has 0 saturated carbocycles. The van der Waals surface area contributed by atoms with Crippen LogP contribution in [0.4, 0.5) is 11.5 Å². The number of aromatic nitrogens is 5. The van der Waals surface area contributed by atoms with Gasteiger partial charge in [-0.3, -0.25) is 4.79 Å². The van der Waals surface area contributed by atoms with Crippen LogP contribution in [0, 0.1) is 0 Å². The molecule has 0 aliphatic heterocycles. The summed E-state index contributed by atoms with van der Waals surface area (Å²) in [5, 5.41) is 19.2. The first kappa shape index (κ1) is 21.0. The minimum atomic E-state index is -0.476. The van der Waals surface area contributed by atoms with Crippen LogP contribution in [0.3, 0.4) is 0 Å². The molecular weight excluding hydrogens is 386 g/mol. The summed E-state index contributed by atoms with van der Waals surface area (Å²) in [6, 6.07) is 7.94. The molecule has 0 aliphatic carbocycles. The normalized spacial score (nSPS) is 11.2. The van der Waals surface area contributed by atoms with Crippen LogP contribution < -0.4 is 16.1 Å². The second-order valence-corrected chi connectivity index (χ2v) is 6.48. The van der Waals surface area contributed by atoms with Crippen LogP contribution in [0.15, 0.2) is 34.0 Å². The van der Waals surface area contributed by atoms with Crippen molar-refractivity contribution in [2.75, 3.05) is 23.7 Å². The number of rotatable bonds is 9. The third-order valence-corrected chi connectivity index (χ3v) is 4.56. The molecule has 158 valence electrons. The Bertz CT molecular complexity index is 1000. The van der Waals surface area contributed by atoms with Crippen molar-refractivity contribution in [2.24, 2.45) is 5.10 Å². The van der Waals surface area contributed by atoms with E-state index < -0.39 is 5.91 Å². The van der Waals surface area contributed by atoms with Gasteiger partial charge in [-0.2, -0.15) is 9.78 Å². The summed E-state index contributed by atoms with van der Waals surface area (Å²) in [7, 11) is 0. The lowest BCUT2D eigenvalue weighted by Gasteiger charge is -2.20. The Morgan fingerprint density at radius 1 is 1.23 bits per heavy atom.